The van der Waals surface area contributed by atoms with Gasteiger partial charge in [-0.05, 0) is 22.4 Å². The molecule has 0 aliphatic carbocycles. The molecule has 0 aliphatic heterocycles. The Morgan fingerprint density at radius 1 is 1.53 bits per heavy atom. The van der Waals surface area contributed by atoms with Gasteiger partial charge < -0.3 is 0 Å². The number of halogens is 1. The van der Waals surface area contributed by atoms with Gasteiger partial charge in [0.25, 0.3) is 10.0 Å². The zero-order valence-electron chi connectivity index (χ0n) is 10.0. The smallest absolute Gasteiger partial charge is 0.260 e. The standard InChI is InChI=1S/C8H12BrN7O2S/c1-16-8(7(9)14-15-16)19(17,18)12-4-2-3-6-10-5-11-13-6/h5,12H,2-4H2,1H3,(H,10,11,13). The Hall–Kier alpha value is -1.33. The van der Waals surface area contributed by atoms with E-state index in [0.717, 1.165) is 5.82 Å². The number of aryl methyl sites for hydroxylation is 2. The van der Waals surface area contributed by atoms with Gasteiger partial charge >= 0.3 is 0 Å². The maximum atomic E-state index is 12.0. The van der Waals surface area contributed by atoms with Gasteiger partial charge in [0.05, 0.1) is 0 Å². The van der Waals surface area contributed by atoms with Crippen LogP contribution in [0.5, 0.6) is 0 Å². The van der Waals surface area contributed by atoms with Crippen molar-refractivity contribution in [1.29, 1.82) is 0 Å². The first-order chi connectivity index (χ1) is 9.00. The van der Waals surface area contributed by atoms with Gasteiger partial charge in [-0.1, -0.05) is 5.21 Å². The van der Waals surface area contributed by atoms with Gasteiger partial charge in [0, 0.05) is 20.0 Å². The Bertz CT molecular complexity index is 617. The first-order valence-corrected chi connectivity index (χ1v) is 7.67. The van der Waals surface area contributed by atoms with Crippen LogP contribution in [0.3, 0.4) is 0 Å². The predicted molar refractivity (Wildman–Crippen MR) is 68.6 cm³/mol. The van der Waals surface area contributed by atoms with Crippen LogP contribution >= 0.6 is 15.9 Å². The van der Waals surface area contributed by atoms with Crippen molar-refractivity contribution >= 4 is 26.0 Å². The summed E-state index contributed by atoms with van der Waals surface area (Å²) in [5.74, 6) is 0.725. The third-order valence-electron chi connectivity index (χ3n) is 2.34. The van der Waals surface area contributed by atoms with Gasteiger partial charge in [0.1, 0.15) is 12.2 Å². The number of aromatic amines is 1. The van der Waals surface area contributed by atoms with E-state index in [4.69, 9.17) is 0 Å². The van der Waals surface area contributed by atoms with Crippen LogP contribution in [0.1, 0.15) is 12.2 Å². The number of hydrogen-bond acceptors (Lipinski definition) is 6. The van der Waals surface area contributed by atoms with Crippen LogP contribution in [0.15, 0.2) is 16.0 Å². The number of hydrogen-bond donors (Lipinski definition) is 2. The van der Waals surface area contributed by atoms with E-state index in [2.05, 4.69) is 46.1 Å². The highest BCUT2D eigenvalue weighted by Gasteiger charge is 2.23. The fraction of sp³-hybridized carbons (Fsp3) is 0.500. The van der Waals surface area contributed by atoms with E-state index >= 15 is 0 Å². The van der Waals surface area contributed by atoms with E-state index in [1.165, 1.54) is 18.1 Å². The third-order valence-corrected chi connectivity index (χ3v) is 4.69. The summed E-state index contributed by atoms with van der Waals surface area (Å²) in [6.45, 7) is 0.292. The zero-order chi connectivity index (χ0) is 13.9. The molecule has 0 fully saturated rings. The Balaban J connectivity index is 1.92. The van der Waals surface area contributed by atoms with Crippen LogP contribution in [-0.4, -0.2) is 45.1 Å². The summed E-state index contributed by atoms with van der Waals surface area (Å²) >= 11 is 3.06. The molecule has 0 saturated carbocycles. The molecule has 2 N–H and O–H groups in total. The van der Waals surface area contributed by atoms with E-state index in [9.17, 15) is 8.42 Å². The molecule has 11 heteroatoms. The molecule has 0 atom stereocenters. The van der Waals surface area contributed by atoms with Gasteiger partial charge in [-0.3, -0.25) is 5.10 Å². The topological polar surface area (TPSA) is 118 Å². The largest absolute Gasteiger partial charge is 0.263 e. The molecule has 104 valence electrons. The van der Waals surface area contributed by atoms with Gasteiger partial charge in [0.2, 0.25) is 5.03 Å². The molecule has 0 aromatic carbocycles. The summed E-state index contributed by atoms with van der Waals surface area (Å²) in [5.41, 5.74) is 0. The molecule has 0 radical (unpaired) electrons. The molecule has 0 unspecified atom stereocenters. The zero-order valence-corrected chi connectivity index (χ0v) is 12.4. The van der Waals surface area contributed by atoms with E-state index in [1.807, 2.05) is 0 Å². The Morgan fingerprint density at radius 3 is 2.89 bits per heavy atom. The number of rotatable bonds is 6. The number of H-pyrrole nitrogens is 1. The molecule has 0 spiro atoms. The second-order valence-corrected chi connectivity index (χ2v) is 6.18. The maximum Gasteiger partial charge on any atom is 0.260 e. The van der Waals surface area contributed by atoms with Crippen molar-refractivity contribution in [3.05, 3.63) is 16.8 Å². The monoisotopic (exact) mass is 349 g/mol. The Kier molecular flexibility index (Phi) is 4.27. The highest BCUT2D eigenvalue weighted by atomic mass is 79.9. The number of sulfonamides is 1. The van der Waals surface area contributed by atoms with Crippen molar-refractivity contribution in [2.24, 2.45) is 7.05 Å². The van der Waals surface area contributed by atoms with Crippen LogP contribution in [0, 0.1) is 0 Å². The van der Waals surface area contributed by atoms with Crippen molar-refractivity contribution in [2.75, 3.05) is 6.54 Å². The molecule has 2 rings (SSSR count). The lowest BCUT2D eigenvalue weighted by atomic mass is 10.3. The van der Waals surface area contributed by atoms with Gasteiger partial charge in [-0.25, -0.2) is 22.8 Å². The molecule has 0 bridgehead atoms. The van der Waals surface area contributed by atoms with Crippen LogP contribution in [0.25, 0.3) is 0 Å². The number of nitrogens with zero attached hydrogens (tertiary/aromatic N) is 5. The molecule has 9 nitrogen and oxygen atoms in total. The lowest BCUT2D eigenvalue weighted by Gasteiger charge is -2.05. The van der Waals surface area contributed by atoms with Crippen LogP contribution in [-0.2, 0) is 23.5 Å². The third kappa shape index (κ3) is 3.36. The van der Waals surface area contributed by atoms with Crippen LogP contribution < -0.4 is 4.72 Å². The van der Waals surface area contributed by atoms with Crippen LogP contribution in [0.4, 0.5) is 0 Å². The maximum absolute atomic E-state index is 12.0. The van der Waals surface area contributed by atoms with Crippen molar-refractivity contribution in [3.63, 3.8) is 0 Å². The lowest BCUT2D eigenvalue weighted by Crippen LogP contribution is -2.27. The molecule has 0 aliphatic rings. The van der Waals surface area contributed by atoms with Gasteiger partial charge in [0.15, 0.2) is 4.60 Å². The van der Waals surface area contributed by atoms with E-state index in [0.29, 0.717) is 19.4 Å². The summed E-state index contributed by atoms with van der Waals surface area (Å²) < 4.78 is 27.9. The summed E-state index contributed by atoms with van der Waals surface area (Å²) in [6.07, 6.45) is 2.64. The molecule has 2 heterocycles. The second-order valence-electron chi connectivity index (χ2n) is 3.74. The SMILES string of the molecule is Cn1nnc(Br)c1S(=O)(=O)NCCCc1ncn[nH]1. The molecule has 19 heavy (non-hydrogen) atoms. The summed E-state index contributed by atoms with van der Waals surface area (Å²) in [6, 6.07) is 0. The molecule has 2 aromatic rings. The molecule has 0 amide bonds. The van der Waals surface area contributed by atoms with Crippen molar-refractivity contribution in [3.8, 4) is 0 Å². The minimum atomic E-state index is -3.62. The summed E-state index contributed by atoms with van der Waals surface area (Å²) in [7, 11) is -2.11. The minimum Gasteiger partial charge on any atom is -0.263 e. The fourth-order valence-electron chi connectivity index (χ4n) is 1.49. The van der Waals surface area contributed by atoms with Crippen molar-refractivity contribution in [2.45, 2.75) is 17.9 Å². The lowest BCUT2D eigenvalue weighted by molar-refractivity contribution is 0.558. The molecular formula is C8H12BrN7O2S. The summed E-state index contributed by atoms with van der Waals surface area (Å²) in [4.78, 5) is 3.95. The molecular weight excluding hydrogens is 338 g/mol. The van der Waals surface area contributed by atoms with Gasteiger partial charge in [-0.15, -0.1) is 5.10 Å². The predicted octanol–water partition coefficient (Wildman–Crippen LogP) is -0.393. The number of nitrogens with one attached hydrogen (secondary N) is 2. The first kappa shape index (κ1) is 14.1. The van der Waals surface area contributed by atoms with E-state index in [-0.39, 0.29) is 9.63 Å². The fourth-order valence-corrected chi connectivity index (χ4v) is 3.65. The molecule has 0 saturated heterocycles. The molecule has 2 aromatic heterocycles. The first-order valence-electron chi connectivity index (χ1n) is 5.40. The highest BCUT2D eigenvalue weighted by molar-refractivity contribution is 9.10. The van der Waals surface area contributed by atoms with E-state index < -0.39 is 10.0 Å². The Labute approximate surface area is 118 Å². The average molecular weight is 350 g/mol. The average Bonchev–Trinajstić information content (AvgIpc) is 2.95. The van der Waals surface area contributed by atoms with E-state index in [1.54, 1.807) is 0 Å². The van der Waals surface area contributed by atoms with Gasteiger partial charge in [-0.2, -0.15) is 5.10 Å². The quantitative estimate of drug-likeness (QED) is 0.685. The van der Waals surface area contributed by atoms with Crippen molar-refractivity contribution in [1.82, 2.24) is 34.9 Å². The highest BCUT2D eigenvalue weighted by Crippen LogP contribution is 2.17. The summed E-state index contributed by atoms with van der Waals surface area (Å²) in [5, 5.41) is 13.7. The minimum absolute atomic E-state index is 0.00663. The second kappa shape index (κ2) is 5.75. The Morgan fingerprint density at radius 2 is 2.32 bits per heavy atom. The van der Waals surface area contributed by atoms with Crippen molar-refractivity contribution < 1.29 is 8.42 Å². The number of aromatic nitrogens is 6. The normalized spacial score (nSPS) is 11.9. The van der Waals surface area contributed by atoms with Crippen LogP contribution in [0.2, 0.25) is 0 Å².